The van der Waals surface area contributed by atoms with Crippen molar-refractivity contribution in [3.63, 3.8) is 0 Å². The maximum absolute atomic E-state index is 13.4. The molecule has 2 aromatic carbocycles. The van der Waals surface area contributed by atoms with Crippen molar-refractivity contribution in [1.82, 2.24) is 15.3 Å². The summed E-state index contributed by atoms with van der Waals surface area (Å²) in [4.78, 5) is 28.3. The number of amides is 3. The molecular formula is C22H22F3N3O5. The number of ether oxygens (including phenoxy) is 2. The number of alkyl halides is 3. The van der Waals surface area contributed by atoms with E-state index in [4.69, 9.17) is 14.7 Å². The Hall–Kier alpha value is -3.31. The Kier molecular flexibility index (Phi) is 6.43. The second-order valence-corrected chi connectivity index (χ2v) is 7.72. The Morgan fingerprint density at radius 1 is 1.09 bits per heavy atom. The van der Waals surface area contributed by atoms with Crippen molar-refractivity contribution in [3.05, 3.63) is 64.7 Å². The molecule has 2 aromatic rings. The molecule has 2 heterocycles. The normalized spacial score (nSPS) is 18.7. The Morgan fingerprint density at radius 2 is 1.85 bits per heavy atom. The van der Waals surface area contributed by atoms with Crippen molar-refractivity contribution in [3.8, 4) is 5.75 Å². The first-order valence-corrected chi connectivity index (χ1v) is 10.3. The molecule has 3 amide bonds. The number of carbonyl (C=O) groups is 2. The number of rotatable bonds is 2. The quantitative estimate of drug-likeness (QED) is 0.525. The fourth-order valence-electron chi connectivity index (χ4n) is 3.91. The number of urea groups is 1. The van der Waals surface area contributed by atoms with E-state index in [1.807, 2.05) is 0 Å². The van der Waals surface area contributed by atoms with Crippen molar-refractivity contribution >= 4 is 11.9 Å². The van der Waals surface area contributed by atoms with Gasteiger partial charge in [0.2, 0.25) is 0 Å². The number of carbonyl (C=O) groups excluding carboxylic acids is 2. The Balaban J connectivity index is 1.72. The minimum atomic E-state index is -4.53. The third-order valence-electron chi connectivity index (χ3n) is 5.67. The minimum absolute atomic E-state index is 0.0630. The zero-order valence-corrected chi connectivity index (χ0v) is 17.5. The summed E-state index contributed by atoms with van der Waals surface area (Å²) in [5.74, 6) is -0.424. The van der Waals surface area contributed by atoms with Crippen molar-refractivity contribution in [2.45, 2.75) is 18.8 Å². The summed E-state index contributed by atoms with van der Waals surface area (Å²) in [7, 11) is 0. The molecule has 1 atom stereocenters. The summed E-state index contributed by atoms with van der Waals surface area (Å²) < 4.78 is 51.2. The summed E-state index contributed by atoms with van der Waals surface area (Å²) in [6.45, 7) is 1.44. The first-order chi connectivity index (χ1) is 15.8. The molecule has 0 aliphatic carbocycles. The van der Waals surface area contributed by atoms with E-state index in [-0.39, 0.29) is 30.3 Å². The van der Waals surface area contributed by atoms with Crippen LogP contribution in [0, 0.1) is 0 Å². The maximum Gasteiger partial charge on any atom is 0.416 e. The molecule has 0 unspecified atom stereocenters. The lowest BCUT2D eigenvalue weighted by Crippen LogP contribution is -2.49. The first kappa shape index (κ1) is 22.9. The molecule has 0 spiro atoms. The van der Waals surface area contributed by atoms with E-state index in [0.29, 0.717) is 37.6 Å². The van der Waals surface area contributed by atoms with Crippen molar-refractivity contribution in [2.24, 2.45) is 0 Å². The van der Waals surface area contributed by atoms with Gasteiger partial charge in [-0.15, -0.1) is 0 Å². The van der Waals surface area contributed by atoms with Crippen LogP contribution in [0.3, 0.4) is 0 Å². The molecule has 2 aliphatic heterocycles. The zero-order valence-electron chi connectivity index (χ0n) is 17.5. The van der Waals surface area contributed by atoms with Crippen LogP contribution in [0.15, 0.2) is 42.5 Å². The van der Waals surface area contributed by atoms with Crippen LogP contribution in [0.2, 0.25) is 0 Å². The second-order valence-electron chi connectivity index (χ2n) is 7.72. The molecule has 11 heteroatoms. The molecule has 2 N–H and O–H groups in total. The number of nitrogens with one attached hydrogen (secondary N) is 1. The van der Waals surface area contributed by atoms with E-state index < -0.39 is 23.7 Å². The van der Waals surface area contributed by atoms with Crippen LogP contribution in [0.25, 0.3) is 0 Å². The van der Waals surface area contributed by atoms with E-state index in [9.17, 15) is 22.8 Å². The summed E-state index contributed by atoms with van der Waals surface area (Å²) in [6, 6.07) is 8.18. The Morgan fingerprint density at radius 3 is 2.55 bits per heavy atom. The predicted octanol–water partition coefficient (Wildman–Crippen LogP) is 3.21. The molecule has 2 aliphatic rings. The lowest BCUT2D eigenvalue weighted by atomic mass is 10.0. The number of hydrogen-bond donors (Lipinski definition) is 2. The molecule has 4 rings (SSSR count). The van der Waals surface area contributed by atoms with Crippen LogP contribution in [-0.2, 0) is 17.5 Å². The highest BCUT2D eigenvalue weighted by Gasteiger charge is 2.36. The van der Waals surface area contributed by atoms with E-state index in [0.717, 1.165) is 12.1 Å². The molecule has 33 heavy (non-hydrogen) atoms. The molecule has 0 saturated carbocycles. The van der Waals surface area contributed by atoms with Gasteiger partial charge in [-0.25, -0.2) is 10.3 Å². The molecular weight excluding hydrogens is 443 g/mol. The second kappa shape index (κ2) is 9.28. The van der Waals surface area contributed by atoms with Crippen LogP contribution in [0.1, 0.15) is 33.1 Å². The van der Waals surface area contributed by atoms with Gasteiger partial charge in [0.1, 0.15) is 12.4 Å². The van der Waals surface area contributed by atoms with Gasteiger partial charge in [-0.05, 0) is 29.8 Å². The van der Waals surface area contributed by atoms with Crippen LogP contribution >= 0.6 is 0 Å². The number of morpholine rings is 1. The number of halogens is 3. The SMILES string of the molecule is O=C(NO)c1ccc2c(c1)OC[C@H](c1cccc(C(F)(F)F)c1)N(C(=O)N1CCOCC1)C2. The monoisotopic (exact) mass is 465 g/mol. The molecule has 0 radical (unpaired) electrons. The van der Waals surface area contributed by atoms with Gasteiger partial charge in [-0.3, -0.25) is 10.0 Å². The molecule has 0 bridgehead atoms. The maximum atomic E-state index is 13.4. The third kappa shape index (κ3) is 4.88. The van der Waals surface area contributed by atoms with Crippen molar-refractivity contribution in [1.29, 1.82) is 0 Å². The zero-order chi connectivity index (χ0) is 23.6. The highest BCUT2D eigenvalue weighted by molar-refractivity contribution is 5.93. The smallest absolute Gasteiger partial charge is 0.416 e. The Bertz CT molecular complexity index is 1040. The fraction of sp³-hybridized carbons (Fsp3) is 0.364. The van der Waals surface area contributed by atoms with Crippen molar-refractivity contribution in [2.75, 3.05) is 32.9 Å². The van der Waals surface area contributed by atoms with Gasteiger partial charge in [-0.1, -0.05) is 18.2 Å². The average Bonchev–Trinajstić information content (AvgIpc) is 3.02. The molecule has 1 fully saturated rings. The highest BCUT2D eigenvalue weighted by atomic mass is 19.4. The summed E-state index contributed by atoms with van der Waals surface area (Å²) in [5.41, 5.74) is 1.73. The van der Waals surface area contributed by atoms with Gasteiger partial charge in [0.25, 0.3) is 5.91 Å². The van der Waals surface area contributed by atoms with Gasteiger partial charge in [-0.2, -0.15) is 13.2 Å². The number of hydroxylamine groups is 1. The van der Waals surface area contributed by atoms with E-state index >= 15 is 0 Å². The lowest BCUT2D eigenvalue weighted by molar-refractivity contribution is -0.137. The third-order valence-corrected chi connectivity index (χ3v) is 5.67. The summed E-state index contributed by atoms with van der Waals surface area (Å²) in [5, 5.41) is 8.89. The number of benzene rings is 2. The van der Waals surface area contributed by atoms with Crippen LogP contribution in [0.5, 0.6) is 5.75 Å². The minimum Gasteiger partial charge on any atom is -0.491 e. The standard InChI is InChI=1S/C22H22F3N3O5/c23-22(24,25)17-3-1-2-14(10-17)18-13-33-19-11-15(20(29)26-31)4-5-16(19)12-28(18)21(30)27-6-8-32-9-7-27/h1-5,10-11,18,31H,6-9,12-13H2,(H,26,29)/t18-/m1/s1. The Labute approximate surface area is 187 Å². The fourth-order valence-corrected chi connectivity index (χ4v) is 3.91. The summed E-state index contributed by atoms with van der Waals surface area (Å²) in [6.07, 6.45) is -4.53. The van der Waals surface area contributed by atoms with E-state index in [1.165, 1.54) is 29.2 Å². The topological polar surface area (TPSA) is 91.3 Å². The van der Waals surface area contributed by atoms with Crippen LogP contribution in [-0.4, -0.2) is 59.9 Å². The molecule has 0 aromatic heterocycles. The number of fused-ring (bicyclic) bond motifs is 1. The average molecular weight is 465 g/mol. The first-order valence-electron chi connectivity index (χ1n) is 10.3. The van der Waals surface area contributed by atoms with Crippen LogP contribution in [0.4, 0.5) is 18.0 Å². The number of hydrogen-bond acceptors (Lipinski definition) is 5. The largest absolute Gasteiger partial charge is 0.491 e. The van der Waals surface area contributed by atoms with E-state index in [2.05, 4.69) is 0 Å². The van der Waals surface area contributed by atoms with Gasteiger partial charge in [0, 0.05) is 24.2 Å². The molecule has 8 nitrogen and oxygen atoms in total. The summed E-state index contributed by atoms with van der Waals surface area (Å²) >= 11 is 0. The van der Waals surface area contributed by atoms with Gasteiger partial charge >= 0.3 is 12.2 Å². The van der Waals surface area contributed by atoms with Crippen molar-refractivity contribution < 1.29 is 37.4 Å². The van der Waals surface area contributed by atoms with Gasteiger partial charge in [0.15, 0.2) is 0 Å². The highest BCUT2D eigenvalue weighted by Crippen LogP contribution is 2.36. The van der Waals surface area contributed by atoms with E-state index in [1.54, 1.807) is 16.4 Å². The predicted molar refractivity (Wildman–Crippen MR) is 109 cm³/mol. The number of nitrogens with zero attached hydrogens (tertiary/aromatic N) is 2. The van der Waals surface area contributed by atoms with Gasteiger partial charge in [0.05, 0.1) is 31.4 Å². The molecule has 1 saturated heterocycles. The molecule has 176 valence electrons. The lowest BCUT2D eigenvalue weighted by Gasteiger charge is -2.36. The van der Waals surface area contributed by atoms with Crippen LogP contribution < -0.4 is 10.2 Å². The van der Waals surface area contributed by atoms with Gasteiger partial charge < -0.3 is 19.3 Å².